The van der Waals surface area contributed by atoms with Crippen molar-refractivity contribution in [1.29, 1.82) is 0 Å². The molecule has 0 aliphatic carbocycles. The monoisotopic (exact) mass is 280 g/mol. The number of nitrogen functional groups attached to an aromatic ring is 1. The van der Waals surface area contributed by atoms with E-state index in [1.807, 2.05) is 6.92 Å². The van der Waals surface area contributed by atoms with Gasteiger partial charge < -0.3 is 5.73 Å². The van der Waals surface area contributed by atoms with E-state index in [-0.39, 0.29) is 10.9 Å². The number of nitrogens with one attached hydrogen (secondary N) is 1. The normalized spacial score (nSPS) is 12.9. The summed E-state index contributed by atoms with van der Waals surface area (Å²) < 4.78 is 27.5. The Morgan fingerprint density at radius 1 is 1.42 bits per heavy atom. The quantitative estimate of drug-likeness (QED) is 0.640. The van der Waals surface area contributed by atoms with Gasteiger partial charge in [0.05, 0.1) is 4.90 Å². The van der Waals surface area contributed by atoms with Crippen molar-refractivity contribution >= 4 is 15.7 Å². The first-order valence-corrected chi connectivity index (χ1v) is 7.63. The molecule has 1 atom stereocenters. The zero-order valence-corrected chi connectivity index (χ0v) is 12.3. The maximum atomic E-state index is 12.4. The van der Waals surface area contributed by atoms with Crippen LogP contribution in [0.15, 0.2) is 17.0 Å². The molecular formula is C14H20N2O2S. The van der Waals surface area contributed by atoms with Gasteiger partial charge in [0.25, 0.3) is 0 Å². The van der Waals surface area contributed by atoms with Crippen LogP contribution in [-0.4, -0.2) is 14.5 Å². The van der Waals surface area contributed by atoms with Gasteiger partial charge in [-0.2, -0.15) is 0 Å². The number of rotatable bonds is 5. The summed E-state index contributed by atoms with van der Waals surface area (Å²) in [6.07, 6.45) is 6.26. The van der Waals surface area contributed by atoms with E-state index in [2.05, 4.69) is 10.6 Å². The van der Waals surface area contributed by atoms with Gasteiger partial charge in [0.1, 0.15) is 0 Å². The average molecular weight is 280 g/mol. The Morgan fingerprint density at radius 3 is 2.58 bits per heavy atom. The predicted octanol–water partition coefficient (Wildman–Crippen LogP) is 1.97. The smallest absolute Gasteiger partial charge is 0.241 e. The Morgan fingerprint density at radius 2 is 2.05 bits per heavy atom. The number of sulfonamides is 1. The lowest BCUT2D eigenvalue weighted by molar-refractivity contribution is 0.543. The van der Waals surface area contributed by atoms with Gasteiger partial charge in [-0.15, -0.1) is 12.3 Å². The van der Waals surface area contributed by atoms with Crippen molar-refractivity contribution in [3.8, 4) is 12.3 Å². The molecule has 0 saturated heterocycles. The standard InChI is InChI=1S/C14H20N2O2S/c1-5-7-12(6-2)16-19(17,18)14-10(3)8-9-13(15)11(14)4/h1,8-9,12,16H,6-7,15H2,2-4H3. The van der Waals surface area contributed by atoms with Crippen LogP contribution in [0.1, 0.15) is 30.9 Å². The zero-order valence-electron chi connectivity index (χ0n) is 11.5. The van der Waals surface area contributed by atoms with E-state index in [0.717, 1.165) is 0 Å². The molecule has 3 N–H and O–H groups in total. The van der Waals surface area contributed by atoms with Crippen LogP contribution in [0.3, 0.4) is 0 Å². The second-order valence-electron chi connectivity index (χ2n) is 4.56. The van der Waals surface area contributed by atoms with Crippen LogP contribution in [0.5, 0.6) is 0 Å². The number of hydrogen-bond donors (Lipinski definition) is 2. The van der Waals surface area contributed by atoms with Crippen molar-refractivity contribution in [2.75, 3.05) is 5.73 Å². The lowest BCUT2D eigenvalue weighted by atomic mass is 10.1. The van der Waals surface area contributed by atoms with Crippen LogP contribution in [0.2, 0.25) is 0 Å². The van der Waals surface area contributed by atoms with Gasteiger partial charge >= 0.3 is 0 Å². The lowest BCUT2D eigenvalue weighted by Gasteiger charge is -2.18. The highest BCUT2D eigenvalue weighted by molar-refractivity contribution is 7.89. The van der Waals surface area contributed by atoms with E-state index in [1.54, 1.807) is 26.0 Å². The highest BCUT2D eigenvalue weighted by Gasteiger charge is 2.23. The highest BCUT2D eigenvalue weighted by atomic mass is 32.2. The number of hydrogen-bond acceptors (Lipinski definition) is 3. The molecule has 0 aliphatic heterocycles. The summed E-state index contributed by atoms with van der Waals surface area (Å²) in [4.78, 5) is 0.253. The Kier molecular flexibility index (Phi) is 4.98. The Labute approximate surface area is 115 Å². The van der Waals surface area contributed by atoms with Gasteiger partial charge in [0.2, 0.25) is 10.0 Å². The fraction of sp³-hybridized carbons (Fsp3) is 0.429. The maximum Gasteiger partial charge on any atom is 0.241 e. The molecule has 0 radical (unpaired) electrons. The summed E-state index contributed by atoms with van der Waals surface area (Å²) in [5.41, 5.74) is 7.50. The molecule has 0 amide bonds. The minimum atomic E-state index is -3.60. The average Bonchev–Trinajstić information content (AvgIpc) is 2.33. The summed E-state index contributed by atoms with van der Waals surface area (Å²) in [5.74, 6) is 2.48. The number of nitrogens with two attached hydrogens (primary N) is 1. The molecule has 0 aliphatic rings. The third-order valence-electron chi connectivity index (χ3n) is 3.09. The molecule has 104 valence electrons. The fourth-order valence-electron chi connectivity index (χ4n) is 1.95. The number of anilines is 1. The molecule has 0 spiro atoms. The van der Waals surface area contributed by atoms with E-state index in [4.69, 9.17) is 12.2 Å². The molecule has 0 heterocycles. The molecule has 5 heteroatoms. The molecule has 0 fully saturated rings. The molecule has 0 bridgehead atoms. The van der Waals surface area contributed by atoms with Crippen LogP contribution >= 0.6 is 0 Å². The molecule has 4 nitrogen and oxygen atoms in total. The molecule has 0 saturated carbocycles. The van der Waals surface area contributed by atoms with Gasteiger partial charge in [-0.25, -0.2) is 13.1 Å². The largest absolute Gasteiger partial charge is 0.398 e. The van der Waals surface area contributed by atoms with Crippen molar-refractivity contribution in [3.05, 3.63) is 23.3 Å². The molecular weight excluding hydrogens is 260 g/mol. The van der Waals surface area contributed by atoms with Crippen LogP contribution in [0.25, 0.3) is 0 Å². The molecule has 1 unspecified atom stereocenters. The van der Waals surface area contributed by atoms with E-state index in [0.29, 0.717) is 29.7 Å². The van der Waals surface area contributed by atoms with Gasteiger partial charge in [0.15, 0.2) is 0 Å². The topological polar surface area (TPSA) is 72.2 Å². The molecule has 0 aromatic heterocycles. The lowest BCUT2D eigenvalue weighted by Crippen LogP contribution is -2.35. The predicted molar refractivity (Wildman–Crippen MR) is 78.2 cm³/mol. The first kappa shape index (κ1) is 15.5. The zero-order chi connectivity index (χ0) is 14.6. The van der Waals surface area contributed by atoms with Crippen molar-refractivity contribution in [3.63, 3.8) is 0 Å². The maximum absolute atomic E-state index is 12.4. The third kappa shape index (κ3) is 3.49. The SMILES string of the molecule is C#CCC(CC)NS(=O)(=O)c1c(C)ccc(N)c1C. The second-order valence-corrected chi connectivity index (χ2v) is 6.21. The van der Waals surface area contributed by atoms with Crippen molar-refractivity contribution in [2.24, 2.45) is 0 Å². The van der Waals surface area contributed by atoms with E-state index < -0.39 is 10.0 Å². The Hall–Kier alpha value is -1.51. The summed E-state index contributed by atoms with van der Waals surface area (Å²) in [6.45, 7) is 5.35. The number of aryl methyl sites for hydroxylation is 1. The van der Waals surface area contributed by atoms with Crippen molar-refractivity contribution in [1.82, 2.24) is 4.72 Å². The van der Waals surface area contributed by atoms with Gasteiger partial charge in [-0.3, -0.25) is 0 Å². The molecule has 19 heavy (non-hydrogen) atoms. The summed E-state index contributed by atoms with van der Waals surface area (Å²) in [7, 11) is -3.60. The van der Waals surface area contributed by atoms with Crippen LogP contribution in [-0.2, 0) is 10.0 Å². The number of terminal acetylenes is 1. The van der Waals surface area contributed by atoms with Crippen LogP contribution < -0.4 is 10.5 Å². The second kappa shape index (κ2) is 6.09. The molecule has 1 rings (SSSR count). The summed E-state index contributed by atoms with van der Waals surface area (Å²) in [6, 6.07) is 3.16. The van der Waals surface area contributed by atoms with Gasteiger partial charge in [-0.05, 0) is 37.5 Å². The minimum Gasteiger partial charge on any atom is -0.398 e. The Bertz CT molecular complexity index is 601. The number of benzene rings is 1. The van der Waals surface area contributed by atoms with E-state index in [1.165, 1.54) is 0 Å². The van der Waals surface area contributed by atoms with Gasteiger partial charge in [-0.1, -0.05) is 13.0 Å². The first-order valence-electron chi connectivity index (χ1n) is 6.15. The van der Waals surface area contributed by atoms with Gasteiger partial charge in [0, 0.05) is 18.2 Å². The summed E-state index contributed by atoms with van der Waals surface area (Å²) in [5, 5.41) is 0. The van der Waals surface area contributed by atoms with Crippen molar-refractivity contribution < 1.29 is 8.42 Å². The third-order valence-corrected chi connectivity index (χ3v) is 4.90. The molecule has 1 aromatic carbocycles. The first-order chi connectivity index (χ1) is 8.83. The summed E-state index contributed by atoms with van der Waals surface area (Å²) >= 11 is 0. The van der Waals surface area contributed by atoms with E-state index >= 15 is 0 Å². The van der Waals surface area contributed by atoms with E-state index in [9.17, 15) is 8.42 Å². The fourth-order valence-corrected chi connectivity index (χ4v) is 3.77. The van der Waals surface area contributed by atoms with Crippen LogP contribution in [0.4, 0.5) is 5.69 Å². The Balaban J connectivity index is 3.22. The highest BCUT2D eigenvalue weighted by Crippen LogP contribution is 2.25. The minimum absolute atomic E-state index is 0.253. The van der Waals surface area contributed by atoms with Crippen LogP contribution in [0, 0.1) is 26.2 Å². The van der Waals surface area contributed by atoms with Crippen molar-refractivity contribution in [2.45, 2.75) is 44.6 Å². The molecule has 1 aromatic rings.